The zero-order valence-corrected chi connectivity index (χ0v) is 13.8. The van der Waals surface area contributed by atoms with E-state index in [-0.39, 0.29) is 23.9 Å². The molecule has 1 amide bonds. The predicted octanol–water partition coefficient (Wildman–Crippen LogP) is 3.32. The lowest BCUT2D eigenvalue weighted by atomic mass is 10.0. The van der Waals surface area contributed by atoms with Gasteiger partial charge in [-0.3, -0.25) is 4.79 Å². The number of hydrogen-bond donors (Lipinski definition) is 1. The summed E-state index contributed by atoms with van der Waals surface area (Å²) in [7, 11) is 0. The quantitative estimate of drug-likeness (QED) is 0.861. The van der Waals surface area contributed by atoms with Gasteiger partial charge in [-0.05, 0) is 49.2 Å². The van der Waals surface area contributed by atoms with Crippen LogP contribution >= 0.6 is 0 Å². The van der Waals surface area contributed by atoms with Crippen molar-refractivity contribution < 1.29 is 13.9 Å². The van der Waals surface area contributed by atoms with Crippen LogP contribution in [0.4, 0.5) is 10.1 Å². The second-order valence-electron chi connectivity index (χ2n) is 6.27. The van der Waals surface area contributed by atoms with E-state index in [1.807, 2.05) is 19.9 Å². The Labute approximate surface area is 141 Å². The number of carbonyl (C=O) groups excluding carboxylic acids is 1. The average molecular weight is 328 g/mol. The fraction of sp³-hybridized carbons (Fsp3) is 0.316. The van der Waals surface area contributed by atoms with Crippen LogP contribution in [0.1, 0.15) is 34.5 Å². The molecular formula is C19H21FN2O2. The summed E-state index contributed by atoms with van der Waals surface area (Å²) in [6, 6.07) is 11.6. The number of ether oxygens (including phenoxy) is 1. The number of anilines is 1. The highest BCUT2D eigenvalue weighted by molar-refractivity contribution is 5.96. The number of aryl methyl sites for hydroxylation is 1. The average Bonchev–Trinajstić information content (AvgIpc) is 2.56. The Balaban J connectivity index is 1.84. The molecule has 0 spiro atoms. The van der Waals surface area contributed by atoms with E-state index < -0.39 is 0 Å². The van der Waals surface area contributed by atoms with E-state index in [2.05, 4.69) is 0 Å². The van der Waals surface area contributed by atoms with Crippen LogP contribution in [0.25, 0.3) is 0 Å². The molecular weight excluding hydrogens is 307 g/mol. The third-order valence-corrected chi connectivity index (χ3v) is 4.28. The lowest BCUT2D eigenvalue weighted by molar-refractivity contribution is -0.0692. The Morgan fingerprint density at radius 1 is 1.21 bits per heavy atom. The number of morpholine rings is 1. The van der Waals surface area contributed by atoms with Gasteiger partial charge in [0.25, 0.3) is 5.91 Å². The SMILES string of the molecule is Cc1ccc(N)cc1C(=O)N1CC(C)OC(c2ccc(F)cc2)C1. The number of nitrogen functional groups attached to an aromatic ring is 1. The van der Waals surface area contributed by atoms with Crippen molar-refractivity contribution in [3.63, 3.8) is 0 Å². The van der Waals surface area contributed by atoms with Crippen LogP contribution in [0.5, 0.6) is 0 Å². The molecule has 1 aliphatic heterocycles. The van der Waals surface area contributed by atoms with Crippen molar-refractivity contribution in [2.75, 3.05) is 18.8 Å². The second kappa shape index (κ2) is 6.61. The normalized spacial score (nSPS) is 20.9. The van der Waals surface area contributed by atoms with Gasteiger partial charge in [0.15, 0.2) is 0 Å². The molecule has 2 atom stereocenters. The lowest BCUT2D eigenvalue weighted by Gasteiger charge is -2.37. The lowest BCUT2D eigenvalue weighted by Crippen LogP contribution is -2.46. The summed E-state index contributed by atoms with van der Waals surface area (Å²) in [4.78, 5) is 14.7. The fourth-order valence-electron chi connectivity index (χ4n) is 3.02. The standard InChI is InChI=1S/C19H21FN2O2/c1-12-3-8-16(21)9-17(12)19(23)22-10-13(2)24-18(11-22)14-4-6-15(20)7-5-14/h3-9,13,18H,10-11,21H2,1-2H3. The highest BCUT2D eigenvalue weighted by Crippen LogP contribution is 2.27. The molecule has 1 saturated heterocycles. The summed E-state index contributed by atoms with van der Waals surface area (Å²) < 4.78 is 19.1. The first-order valence-electron chi connectivity index (χ1n) is 8.00. The van der Waals surface area contributed by atoms with Crippen LogP contribution < -0.4 is 5.73 Å². The molecule has 1 aliphatic rings. The molecule has 2 N–H and O–H groups in total. The molecule has 0 saturated carbocycles. The predicted molar refractivity (Wildman–Crippen MR) is 91.2 cm³/mol. The molecule has 24 heavy (non-hydrogen) atoms. The van der Waals surface area contributed by atoms with Gasteiger partial charge < -0.3 is 15.4 Å². The van der Waals surface area contributed by atoms with Crippen LogP contribution in [0, 0.1) is 12.7 Å². The van der Waals surface area contributed by atoms with E-state index in [1.165, 1.54) is 12.1 Å². The fourth-order valence-corrected chi connectivity index (χ4v) is 3.02. The van der Waals surface area contributed by atoms with Crippen molar-refractivity contribution in [3.8, 4) is 0 Å². The smallest absolute Gasteiger partial charge is 0.254 e. The maximum atomic E-state index is 13.1. The minimum absolute atomic E-state index is 0.0536. The topological polar surface area (TPSA) is 55.6 Å². The summed E-state index contributed by atoms with van der Waals surface area (Å²) in [5.74, 6) is -0.340. The highest BCUT2D eigenvalue weighted by atomic mass is 19.1. The second-order valence-corrected chi connectivity index (χ2v) is 6.27. The molecule has 3 rings (SSSR count). The van der Waals surface area contributed by atoms with E-state index in [4.69, 9.17) is 10.5 Å². The van der Waals surface area contributed by atoms with Gasteiger partial charge >= 0.3 is 0 Å². The van der Waals surface area contributed by atoms with Crippen molar-refractivity contribution in [1.29, 1.82) is 0 Å². The van der Waals surface area contributed by atoms with Gasteiger partial charge in [0.2, 0.25) is 0 Å². The Bertz CT molecular complexity index is 746. The van der Waals surface area contributed by atoms with Crippen LogP contribution in [-0.4, -0.2) is 30.0 Å². The van der Waals surface area contributed by atoms with Gasteiger partial charge in [0, 0.05) is 17.8 Å². The first kappa shape index (κ1) is 16.5. The largest absolute Gasteiger partial charge is 0.399 e. The number of halogens is 1. The molecule has 2 aromatic rings. The van der Waals surface area contributed by atoms with E-state index in [0.29, 0.717) is 24.3 Å². The molecule has 0 aromatic heterocycles. The molecule has 126 valence electrons. The molecule has 1 fully saturated rings. The van der Waals surface area contributed by atoms with Crippen LogP contribution in [0.15, 0.2) is 42.5 Å². The first-order valence-corrected chi connectivity index (χ1v) is 8.00. The number of rotatable bonds is 2. The van der Waals surface area contributed by atoms with Crippen molar-refractivity contribution in [3.05, 3.63) is 65.0 Å². The van der Waals surface area contributed by atoms with Gasteiger partial charge in [-0.1, -0.05) is 18.2 Å². The first-order chi connectivity index (χ1) is 11.4. The number of hydrogen-bond acceptors (Lipinski definition) is 3. The van der Waals surface area contributed by atoms with E-state index >= 15 is 0 Å². The van der Waals surface area contributed by atoms with Crippen LogP contribution in [-0.2, 0) is 4.74 Å². The van der Waals surface area contributed by atoms with E-state index in [9.17, 15) is 9.18 Å². The Morgan fingerprint density at radius 2 is 1.92 bits per heavy atom. The van der Waals surface area contributed by atoms with Crippen LogP contribution in [0.2, 0.25) is 0 Å². The summed E-state index contributed by atoms with van der Waals surface area (Å²) >= 11 is 0. The molecule has 0 aliphatic carbocycles. The maximum absolute atomic E-state index is 13.1. The minimum atomic E-state index is -0.286. The molecule has 2 aromatic carbocycles. The third-order valence-electron chi connectivity index (χ3n) is 4.28. The van der Waals surface area contributed by atoms with E-state index in [1.54, 1.807) is 29.2 Å². The summed E-state index contributed by atoms with van der Waals surface area (Å²) in [6.45, 7) is 4.78. The number of amides is 1. The Kier molecular flexibility index (Phi) is 4.53. The van der Waals surface area contributed by atoms with Crippen molar-refractivity contribution in [2.24, 2.45) is 0 Å². The summed E-state index contributed by atoms with van der Waals surface area (Å²) in [5, 5.41) is 0. The molecule has 2 unspecified atom stereocenters. The monoisotopic (exact) mass is 328 g/mol. The third kappa shape index (κ3) is 3.41. The molecule has 1 heterocycles. The Morgan fingerprint density at radius 3 is 2.62 bits per heavy atom. The van der Waals surface area contributed by atoms with E-state index in [0.717, 1.165) is 11.1 Å². The van der Waals surface area contributed by atoms with Gasteiger partial charge in [-0.25, -0.2) is 4.39 Å². The Hall–Kier alpha value is -2.40. The summed E-state index contributed by atoms with van der Waals surface area (Å²) in [5.41, 5.74) is 8.77. The van der Waals surface area contributed by atoms with Gasteiger partial charge in [-0.2, -0.15) is 0 Å². The number of nitrogens with zero attached hydrogens (tertiary/aromatic N) is 1. The minimum Gasteiger partial charge on any atom is -0.399 e. The molecule has 5 heteroatoms. The van der Waals surface area contributed by atoms with Crippen LogP contribution in [0.3, 0.4) is 0 Å². The van der Waals surface area contributed by atoms with Gasteiger partial charge in [0.1, 0.15) is 11.9 Å². The van der Waals surface area contributed by atoms with Crippen molar-refractivity contribution >= 4 is 11.6 Å². The van der Waals surface area contributed by atoms with Gasteiger partial charge in [0.05, 0.1) is 12.6 Å². The number of carbonyl (C=O) groups is 1. The number of benzene rings is 2. The highest BCUT2D eigenvalue weighted by Gasteiger charge is 2.30. The number of nitrogens with two attached hydrogens (primary N) is 1. The van der Waals surface area contributed by atoms with Crippen molar-refractivity contribution in [1.82, 2.24) is 4.90 Å². The molecule has 4 nitrogen and oxygen atoms in total. The maximum Gasteiger partial charge on any atom is 0.254 e. The zero-order chi connectivity index (χ0) is 17.3. The van der Waals surface area contributed by atoms with Gasteiger partial charge in [-0.15, -0.1) is 0 Å². The molecule has 0 radical (unpaired) electrons. The van der Waals surface area contributed by atoms with Crippen molar-refractivity contribution in [2.45, 2.75) is 26.1 Å². The summed E-state index contributed by atoms with van der Waals surface area (Å²) in [6.07, 6.45) is -0.362. The molecule has 0 bridgehead atoms. The zero-order valence-electron chi connectivity index (χ0n) is 13.8.